The quantitative estimate of drug-likeness (QED) is 0.739. The van der Waals surface area contributed by atoms with Crippen molar-refractivity contribution >= 4 is 16.6 Å². The van der Waals surface area contributed by atoms with E-state index in [-0.39, 0.29) is 6.10 Å². The number of fused-ring (bicyclic) bond motifs is 1. The van der Waals surface area contributed by atoms with E-state index in [1.165, 1.54) is 16.3 Å². The molecule has 0 radical (unpaired) electrons. The van der Waals surface area contributed by atoms with Gasteiger partial charge in [-0.05, 0) is 28.5 Å². The number of nitriles is 1. The Labute approximate surface area is 140 Å². The summed E-state index contributed by atoms with van der Waals surface area (Å²) < 4.78 is 6.05. The number of benzene rings is 2. The molecule has 3 aromatic rings. The molecule has 0 atom stereocenters. The minimum absolute atomic E-state index is 0.205. The van der Waals surface area contributed by atoms with Crippen LogP contribution in [0.4, 0.5) is 5.82 Å². The van der Waals surface area contributed by atoms with Crippen molar-refractivity contribution in [3.63, 3.8) is 0 Å². The molecule has 2 aromatic carbocycles. The van der Waals surface area contributed by atoms with Crippen molar-refractivity contribution in [1.82, 2.24) is 4.98 Å². The first-order valence-corrected chi connectivity index (χ1v) is 8.04. The summed E-state index contributed by atoms with van der Waals surface area (Å²) in [5.41, 5.74) is 1.67. The molecular weight excluding hydrogens is 298 g/mol. The molecule has 4 heteroatoms. The molecule has 0 saturated carbocycles. The highest BCUT2D eigenvalue weighted by molar-refractivity contribution is 5.85. The number of nitrogens with zero attached hydrogens (tertiary/aromatic N) is 3. The number of rotatable bonds is 4. The molecule has 1 aromatic heterocycles. The fourth-order valence-corrected chi connectivity index (χ4v) is 3.02. The SMILES string of the molecule is N#Cc1cccc(N2CC(OCc3cccc4ccccc34)C2)n1. The molecule has 4 nitrogen and oxygen atoms in total. The molecule has 4 rings (SSSR count). The lowest BCUT2D eigenvalue weighted by Gasteiger charge is -2.39. The predicted octanol–water partition coefficient (Wildman–Crippen LogP) is 3.51. The summed E-state index contributed by atoms with van der Waals surface area (Å²) in [7, 11) is 0. The lowest BCUT2D eigenvalue weighted by Crippen LogP contribution is -2.52. The summed E-state index contributed by atoms with van der Waals surface area (Å²) in [4.78, 5) is 6.45. The van der Waals surface area contributed by atoms with Crippen LogP contribution in [0.15, 0.2) is 60.7 Å². The molecule has 0 spiro atoms. The van der Waals surface area contributed by atoms with Crippen LogP contribution in [0.25, 0.3) is 10.8 Å². The molecule has 1 saturated heterocycles. The summed E-state index contributed by atoms with van der Waals surface area (Å²) >= 11 is 0. The summed E-state index contributed by atoms with van der Waals surface area (Å²) in [6, 6.07) is 22.3. The zero-order chi connectivity index (χ0) is 16.4. The highest BCUT2D eigenvalue weighted by atomic mass is 16.5. The summed E-state index contributed by atoms with van der Waals surface area (Å²) in [6.07, 6.45) is 0.205. The Kier molecular flexibility index (Phi) is 3.86. The van der Waals surface area contributed by atoms with E-state index in [0.29, 0.717) is 12.3 Å². The van der Waals surface area contributed by atoms with Crippen LogP contribution >= 0.6 is 0 Å². The van der Waals surface area contributed by atoms with Crippen molar-refractivity contribution in [2.24, 2.45) is 0 Å². The number of anilines is 1. The second-order valence-electron chi connectivity index (χ2n) is 5.97. The van der Waals surface area contributed by atoms with Gasteiger partial charge < -0.3 is 9.64 Å². The molecular formula is C20H17N3O. The maximum Gasteiger partial charge on any atom is 0.142 e. The third kappa shape index (κ3) is 2.82. The molecule has 1 aliphatic heterocycles. The molecule has 24 heavy (non-hydrogen) atoms. The average molecular weight is 315 g/mol. The van der Waals surface area contributed by atoms with Crippen molar-refractivity contribution < 1.29 is 4.74 Å². The second kappa shape index (κ2) is 6.31. The van der Waals surface area contributed by atoms with Gasteiger partial charge in [0.1, 0.15) is 17.6 Å². The molecule has 0 amide bonds. The van der Waals surface area contributed by atoms with E-state index in [1.54, 1.807) is 6.07 Å². The maximum absolute atomic E-state index is 8.93. The first-order valence-electron chi connectivity index (χ1n) is 8.04. The average Bonchev–Trinajstić information content (AvgIpc) is 2.60. The Morgan fingerprint density at radius 2 is 1.83 bits per heavy atom. The Bertz CT molecular complexity index is 905. The third-order valence-corrected chi connectivity index (χ3v) is 4.38. The molecule has 0 N–H and O–H groups in total. The molecule has 1 fully saturated rings. The molecule has 0 bridgehead atoms. The van der Waals surface area contributed by atoms with Crippen LogP contribution in [-0.4, -0.2) is 24.2 Å². The van der Waals surface area contributed by atoms with E-state index in [0.717, 1.165) is 18.9 Å². The first-order chi connectivity index (χ1) is 11.8. The fraction of sp³-hybridized carbons (Fsp3) is 0.200. The van der Waals surface area contributed by atoms with Gasteiger partial charge in [-0.3, -0.25) is 0 Å². The third-order valence-electron chi connectivity index (χ3n) is 4.38. The molecule has 1 aliphatic rings. The van der Waals surface area contributed by atoms with Crippen LogP contribution in [0, 0.1) is 11.3 Å². The van der Waals surface area contributed by atoms with Crippen LogP contribution < -0.4 is 4.90 Å². The van der Waals surface area contributed by atoms with Gasteiger partial charge in [-0.15, -0.1) is 0 Å². The van der Waals surface area contributed by atoms with Crippen LogP contribution in [0.2, 0.25) is 0 Å². The van der Waals surface area contributed by atoms with E-state index in [9.17, 15) is 0 Å². The summed E-state index contributed by atoms with van der Waals surface area (Å²) in [5, 5.41) is 11.4. The van der Waals surface area contributed by atoms with E-state index < -0.39 is 0 Å². The van der Waals surface area contributed by atoms with Crippen molar-refractivity contribution in [3.05, 3.63) is 71.9 Å². The van der Waals surface area contributed by atoms with Gasteiger partial charge in [0.05, 0.1) is 12.7 Å². The normalized spacial score (nSPS) is 14.4. The number of pyridine rings is 1. The van der Waals surface area contributed by atoms with Gasteiger partial charge in [0, 0.05) is 13.1 Å². The van der Waals surface area contributed by atoms with Crippen LogP contribution in [0.1, 0.15) is 11.3 Å². The fourth-order valence-electron chi connectivity index (χ4n) is 3.02. The lowest BCUT2D eigenvalue weighted by molar-refractivity contribution is 0.0226. The summed E-state index contributed by atoms with van der Waals surface area (Å²) in [5.74, 6) is 0.846. The maximum atomic E-state index is 8.93. The van der Waals surface area contributed by atoms with Gasteiger partial charge in [0.2, 0.25) is 0 Å². The number of hydrogen-bond acceptors (Lipinski definition) is 4. The minimum atomic E-state index is 0.205. The van der Waals surface area contributed by atoms with E-state index in [4.69, 9.17) is 10.00 Å². The molecule has 2 heterocycles. The van der Waals surface area contributed by atoms with Gasteiger partial charge in [-0.1, -0.05) is 48.5 Å². The van der Waals surface area contributed by atoms with Crippen molar-refractivity contribution in [2.75, 3.05) is 18.0 Å². The monoisotopic (exact) mass is 315 g/mol. The van der Waals surface area contributed by atoms with E-state index in [1.807, 2.05) is 12.1 Å². The van der Waals surface area contributed by atoms with E-state index in [2.05, 4.69) is 58.4 Å². The second-order valence-corrected chi connectivity index (χ2v) is 5.97. The predicted molar refractivity (Wildman–Crippen MR) is 93.7 cm³/mol. The topological polar surface area (TPSA) is 49.2 Å². The van der Waals surface area contributed by atoms with Gasteiger partial charge >= 0.3 is 0 Å². The van der Waals surface area contributed by atoms with Gasteiger partial charge in [-0.25, -0.2) is 4.98 Å². The van der Waals surface area contributed by atoms with E-state index >= 15 is 0 Å². The number of aromatic nitrogens is 1. The Hall–Kier alpha value is -2.90. The van der Waals surface area contributed by atoms with Crippen molar-refractivity contribution in [2.45, 2.75) is 12.7 Å². The Balaban J connectivity index is 1.38. The first kappa shape index (κ1) is 14.7. The van der Waals surface area contributed by atoms with Crippen LogP contribution in [0.3, 0.4) is 0 Å². The van der Waals surface area contributed by atoms with Gasteiger partial charge in [0.15, 0.2) is 0 Å². The number of hydrogen-bond donors (Lipinski definition) is 0. The minimum Gasteiger partial charge on any atom is -0.370 e. The largest absolute Gasteiger partial charge is 0.370 e. The van der Waals surface area contributed by atoms with Crippen molar-refractivity contribution in [3.8, 4) is 6.07 Å². The molecule has 0 unspecified atom stereocenters. The Morgan fingerprint density at radius 3 is 2.71 bits per heavy atom. The zero-order valence-corrected chi connectivity index (χ0v) is 13.2. The standard InChI is InChI=1S/C20H17N3O/c21-11-17-8-4-10-20(22-17)23-12-18(13-23)24-14-16-7-3-6-15-5-1-2-9-19(15)16/h1-10,18H,12-14H2. The molecule has 118 valence electrons. The van der Waals surface area contributed by atoms with Gasteiger partial charge in [0.25, 0.3) is 0 Å². The van der Waals surface area contributed by atoms with Crippen LogP contribution in [0.5, 0.6) is 0 Å². The highest BCUT2D eigenvalue weighted by Crippen LogP contribution is 2.23. The highest BCUT2D eigenvalue weighted by Gasteiger charge is 2.28. The summed E-state index contributed by atoms with van der Waals surface area (Å²) in [6.45, 7) is 2.24. The molecule has 0 aliphatic carbocycles. The lowest BCUT2D eigenvalue weighted by atomic mass is 10.1. The smallest absolute Gasteiger partial charge is 0.142 e. The Morgan fingerprint density at radius 1 is 1.04 bits per heavy atom. The number of ether oxygens (including phenoxy) is 1. The van der Waals surface area contributed by atoms with Gasteiger partial charge in [-0.2, -0.15) is 5.26 Å². The van der Waals surface area contributed by atoms with Crippen LogP contribution in [-0.2, 0) is 11.3 Å². The zero-order valence-electron chi connectivity index (χ0n) is 13.2. The van der Waals surface area contributed by atoms with Crippen molar-refractivity contribution in [1.29, 1.82) is 5.26 Å².